The summed E-state index contributed by atoms with van der Waals surface area (Å²) in [5.74, 6) is 0. The first-order chi connectivity index (χ1) is 4.45. The Morgan fingerprint density at radius 3 is 2.40 bits per heavy atom. The van der Waals surface area contributed by atoms with E-state index in [0.717, 1.165) is 0 Å². The minimum atomic E-state index is -2.48. The highest BCUT2D eigenvalue weighted by Crippen LogP contribution is 1.86. The van der Waals surface area contributed by atoms with Crippen molar-refractivity contribution in [3.8, 4) is 0 Å². The first kappa shape index (κ1) is 9.42. The van der Waals surface area contributed by atoms with Crippen molar-refractivity contribution in [1.29, 1.82) is 0 Å². The monoisotopic (exact) mass is 167 g/mol. The standard InChI is InChI=1S/C5H13NO3S/c1-4-9-5(7)6-10(2,3)8/h10H,4H2,1-3H3,(H,6,7,8). The Labute approximate surface area is 61.5 Å². The molecule has 0 aliphatic carbocycles. The van der Waals surface area contributed by atoms with Crippen LogP contribution in [0.25, 0.3) is 0 Å². The molecule has 0 spiro atoms. The van der Waals surface area contributed by atoms with Gasteiger partial charge in [-0.25, -0.2) is 4.79 Å². The molecule has 0 radical (unpaired) electrons. The number of carbonyl (C=O) groups is 1. The Bertz CT molecular complexity index is 162. The minimum Gasteiger partial charge on any atom is -0.449 e. The number of nitrogens with one attached hydrogen (secondary N) is 1. The minimum absolute atomic E-state index is 0.297. The highest BCUT2D eigenvalue weighted by atomic mass is 32.3. The predicted octanol–water partition coefficient (Wildman–Crippen LogP) is -0.0762. The second-order valence-corrected chi connectivity index (χ2v) is 5.11. The molecule has 1 N–H and O–H groups in total. The fraction of sp³-hybridized carbons (Fsp3) is 0.800. The maximum atomic E-state index is 10.9. The average molecular weight is 167 g/mol. The van der Waals surface area contributed by atoms with E-state index in [0.29, 0.717) is 6.61 Å². The summed E-state index contributed by atoms with van der Waals surface area (Å²) in [7, 11) is -2.48. The molecule has 0 aromatic heterocycles. The molecule has 0 aliphatic heterocycles. The van der Waals surface area contributed by atoms with Crippen LogP contribution < -0.4 is 4.72 Å². The van der Waals surface area contributed by atoms with Crippen molar-refractivity contribution in [3.05, 3.63) is 0 Å². The highest BCUT2D eigenvalue weighted by molar-refractivity contribution is 8.00. The summed E-state index contributed by atoms with van der Waals surface area (Å²) in [5.41, 5.74) is 0. The zero-order valence-electron chi connectivity index (χ0n) is 6.38. The molecule has 4 nitrogen and oxygen atoms in total. The van der Waals surface area contributed by atoms with Gasteiger partial charge >= 0.3 is 6.09 Å². The van der Waals surface area contributed by atoms with Crippen molar-refractivity contribution >= 4 is 16.2 Å². The second kappa shape index (κ2) is 3.55. The summed E-state index contributed by atoms with van der Waals surface area (Å²) < 4.78 is 17.6. The van der Waals surface area contributed by atoms with E-state index in [1.807, 2.05) is 0 Å². The molecule has 1 amide bonds. The summed E-state index contributed by atoms with van der Waals surface area (Å²) in [6.45, 7) is 1.99. The van der Waals surface area contributed by atoms with Crippen LogP contribution in [-0.2, 0) is 14.9 Å². The Morgan fingerprint density at radius 1 is 1.60 bits per heavy atom. The largest absolute Gasteiger partial charge is 0.449 e. The van der Waals surface area contributed by atoms with Gasteiger partial charge in [-0.3, -0.25) is 8.93 Å². The predicted molar refractivity (Wildman–Crippen MR) is 41.5 cm³/mol. The summed E-state index contributed by atoms with van der Waals surface area (Å²) in [6.07, 6.45) is 2.31. The lowest BCUT2D eigenvalue weighted by Gasteiger charge is -2.13. The molecule has 62 valence electrons. The van der Waals surface area contributed by atoms with E-state index in [1.54, 1.807) is 6.92 Å². The molecule has 0 aliphatic rings. The van der Waals surface area contributed by atoms with Gasteiger partial charge in [0, 0.05) is 12.5 Å². The summed E-state index contributed by atoms with van der Waals surface area (Å²) in [5, 5.41) is 0. The Balaban J connectivity index is 3.70. The van der Waals surface area contributed by atoms with Crippen LogP contribution >= 0.6 is 0 Å². The Kier molecular flexibility index (Phi) is 3.35. The number of hydrogen-bond donors (Lipinski definition) is 2. The SMILES string of the molecule is CCOC(=O)N[SH](C)(C)=O. The van der Waals surface area contributed by atoms with Crippen LogP contribution in [0.4, 0.5) is 4.79 Å². The van der Waals surface area contributed by atoms with Crippen molar-refractivity contribution in [1.82, 2.24) is 4.72 Å². The van der Waals surface area contributed by atoms with E-state index in [4.69, 9.17) is 0 Å². The van der Waals surface area contributed by atoms with E-state index in [9.17, 15) is 9.00 Å². The third-order valence-electron chi connectivity index (χ3n) is 0.636. The number of rotatable bonds is 2. The molecular formula is C5H13NO3S. The van der Waals surface area contributed by atoms with E-state index < -0.39 is 16.2 Å². The lowest BCUT2D eigenvalue weighted by atomic mass is 10.9. The van der Waals surface area contributed by atoms with Crippen molar-refractivity contribution in [3.63, 3.8) is 0 Å². The molecule has 0 rings (SSSR count). The molecule has 0 saturated carbocycles. The molecule has 0 unspecified atom stereocenters. The van der Waals surface area contributed by atoms with E-state index in [2.05, 4.69) is 9.46 Å². The lowest BCUT2D eigenvalue weighted by molar-refractivity contribution is 0.159. The molecule has 0 fully saturated rings. The van der Waals surface area contributed by atoms with E-state index in [-0.39, 0.29) is 0 Å². The van der Waals surface area contributed by atoms with Crippen molar-refractivity contribution in [2.75, 3.05) is 19.1 Å². The smallest absolute Gasteiger partial charge is 0.417 e. The number of ether oxygens (including phenoxy) is 1. The summed E-state index contributed by atoms with van der Waals surface area (Å²) in [4.78, 5) is 10.6. The maximum absolute atomic E-state index is 10.9. The lowest BCUT2D eigenvalue weighted by Crippen LogP contribution is -2.34. The molecule has 0 heterocycles. The highest BCUT2D eigenvalue weighted by Gasteiger charge is 2.05. The van der Waals surface area contributed by atoms with E-state index >= 15 is 0 Å². The topological polar surface area (TPSA) is 55.4 Å². The van der Waals surface area contributed by atoms with Crippen LogP contribution in [0.3, 0.4) is 0 Å². The number of thiol groups is 1. The fourth-order valence-electron chi connectivity index (χ4n) is 0.383. The summed E-state index contributed by atoms with van der Waals surface area (Å²) in [6, 6.07) is 0. The van der Waals surface area contributed by atoms with Crippen molar-refractivity contribution in [2.24, 2.45) is 0 Å². The van der Waals surface area contributed by atoms with Gasteiger partial charge in [0.1, 0.15) is 0 Å². The van der Waals surface area contributed by atoms with Crippen LogP contribution in [-0.4, -0.2) is 29.4 Å². The molecular weight excluding hydrogens is 154 g/mol. The van der Waals surface area contributed by atoms with Gasteiger partial charge in [-0.2, -0.15) is 0 Å². The number of hydrogen-bond acceptors (Lipinski definition) is 3. The third kappa shape index (κ3) is 5.55. The average Bonchev–Trinajstić information content (AvgIpc) is 1.59. The van der Waals surface area contributed by atoms with Gasteiger partial charge in [0.05, 0.1) is 6.61 Å². The zero-order valence-corrected chi connectivity index (χ0v) is 7.27. The Hall–Kier alpha value is -0.580. The molecule has 0 aromatic rings. The molecule has 10 heavy (non-hydrogen) atoms. The van der Waals surface area contributed by atoms with Crippen LogP contribution in [0.2, 0.25) is 0 Å². The molecule has 0 bridgehead atoms. The first-order valence-electron chi connectivity index (χ1n) is 2.95. The molecule has 0 saturated heterocycles. The van der Waals surface area contributed by atoms with Gasteiger partial charge < -0.3 is 4.74 Å². The first-order valence-corrected chi connectivity index (χ1v) is 5.56. The van der Waals surface area contributed by atoms with Gasteiger partial charge in [-0.15, -0.1) is 0 Å². The molecule has 0 atom stereocenters. The van der Waals surface area contributed by atoms with Gasteiger partial charge in [0.25, 0.3) is 0 Å². The van der Waals surface area contributed by atoms with Gasteiger partial charge in [0.15, 0.2) is 0 Å². The van der Waals surface area contributed by atoms with Crippen LogP contribution in [0.5, 0.6) is 0 Å². The molecule has 5 heteroatoms. The van der Waals surface area contributed by atoms with Crippen LogP contribution in [0.15, 0.2) is 0 Å². The third-order valence-corrected chi connectivity index (χ3v) is 1.36. The number of carbonyl (C=O) groups excluding carboxylic acids is 1. The van der Waals surface area contributed by atoms with Crippen molar-refractivity contribution in [2.45, 2.75) is 6.92 Å². The van der Waals surface area contributed by atoms with Gasteiger partial charge in [-0.1, -0.05) is 0 Å². The van der Waals surface area contributed by atoms with E-state index in [1.165, 1.54) is 12.5 Å². The summed E-state index contributed by atoms with van der Waals surface area (Å²) >= 11 is 0. The second-order valence-electron chi connectivity index (χ2n) is 2.18. The normalized spacial score (nSPS) is 12.3. The Morgan fingerprint density at radius 2 is 2.10 bits per heavy atom. The van der Waals surface area contributed by atoms with Crippen LogP contribution in [0.1, 0.15) is 6.92 Å². The van der Waals surface area contributed by atoms with Crippen LogP contribution in [0, 0.1) is 0 Å². The molecule has 0 aromatic carbocycles. The fourth-order valence-corrected chi connectivity index (χ4v) is 0.887. The quantitative estimate of drug-likeness (QED) is 0.566. The van der Waals surface area contributed by atoms with Gasteiger partial charge in [-0.05, 0) is 17.0 Å². The van der Waals surface area contributed by atoms with Crippen molar-refractivity contribution < 1.29 is 13.7 Å². The zero-order chi connectivity index (χ0) is 8.20. The van der Waals surface area contributed by atoms with Gasteiger partial charge in [0.2, 0.25) is 0 Å². The number of amides is 1. The maximum Gasteiger partial charge on any atom is 0.417 e.